The minimum absolute atomic E-state index is 0.235. The Kier molecular flexibility index (Phi) is 4.44. The van der Waals surface area contributed by atoms with Crippen LogP contribution in [0.5, 0.6) is 0 Å². The molecule has 0 saturated carbocycles. The number of imidazole rings is 1. The van der Waals surface area contributed by atoms with Crippen molar-refractivity contribution < 1.29 is 14.9 Å². The lowest BCUT2D eigenvalue weighted by Crippen LogP contribution is -2.24. The van der Waals surface area contributed by atoms with E-state index >= 15 is 0 Å². The molecule has 3 heterocycles. The normalized spacial score (nSPS) is 20.6. The summed E-state index contributed by atoms with van der Waals surface area (Å²) in [6.45, 7) is 1.88. The van der Waals surface area contributed by atoms with E-state index in [2.05, 4.69) is 75.7 Å². The molecular weight excluding hydrogens is 442 g/mol. The first-order chi connectivity index (χ1) is 17.1. The van der Waals surface area contributed by atoms with Crippen LogP contribution in [0, 0.1) is 6.92 Å². The number of hydrogen-bond acceptors (Lipinski definition) is 7. The van der Waals surface area contributed by atoms with E-state index < -0.39 is 18.4 Å². The SMILES string of the molecule is Cc1c(Nc2ncnc3c2ncn3[C@H]2C[C@H](O)[C@@H](CO)O2)cc2ccc3cccc4ccc1c2c34. The largest absolute Gasteiger partial charge is 0.394 e. The molecule has 174 valence electrons. The summed E-state index contributed by atoms with van der Waals surface area (Å²) in [7, 11) is 0. The molecule has 0 aliphatic carbocycles. The number of hydrogen-bond donors (Lipinski definition) is 3. The molecule has 6 aromatic rings. The molecule has 0 bridgehead atoms. The predicted molar refractivity (Wildman–Crippen MR) is 135 cm³/mol. The second kappa shape index (κ2) is 7.58. The van der Waals surface area contributed by atoms with E-state index in [1.165, 1.54) is 33.3 Å². The first-order valence-electron chi connectivity index (χ1n) is 11.7. The predicted octanol–water partition coefficient (Wildman–Crippen LogP) is 4.42. The molecule has 3 N–H and O–H groups in total. The second-order valence-electron chi connectivity index (χ2n) is 9.19. The summed E-state index contributed by atoms with van der Waals surface area (Å²) < 4.78 is 7.59. The Morgan fingerprint density at radius 2 is 1.83 bits per heavy atom. The number of aliphatic hydroxyl groups is 2. The van der Waals surface area contributed by atoms with E-state index in [-0.39, 0.29) is 6.61 Å². The molecular formula is C27H23N5O3. The zero-order chi connectivity index (χ0) is 23.7. The van der Waals surface area contributed by atoms with Crippen LogP contribution < -0.4 is 5.32 Å². The fourth-order valence-electron chi connectivity index (χ4n) is 5.41. The number of anilines is 2. The van der Waals surface area contributed by atoms with Gasteiger partial charge in [0.15, 0.2) is 17.0 Å². The molecule has 0 radical (unpaired) electrons. The first kappa shape index (κ1) is 20.5. The van der Waals surface area contributed by atoms with Crippen LogP contribution in [-0.4, -0.2) is 48.5 Å². The van der Waals surface area contributed by atoms with E-state index in [0.29, 0.717) is 23.4 Å². The third kappa shape index (κ3) is 3.01. The van der Waals surface area contributed by atoms with Crippen LogP contribution in [0.15, 0.2) is 61.2 Å². The highest BCUT2D eigenvalue weighted by Gasteiger charge is 2.35. The van der Waals surface area contributed by atoms with Crippen LogP contribution in [0.3, 0.4) is 0 Å². The Morgan fingerprint density at radius 1 is 1.03 bits per heavy atom. The molecule has 1 fully saturated rings. The number of nitrogens with zero attached hydrogens (tertiary/aromatic N) is 4. The van der Waals surface area contributed by atoms with Crippen molar-refractivity contribution in [2.45, 2.75) is 31.8 Å². The Hall–Kier alpha value is -3.85. The number of nitrogens with one attached hydrogen (secondary N) is 1. The van der Waals surface area contributed by atoms with Crippen LogP contribution in [0.4, 0.5) is 11.5 Å². The molecule has 0 spiro atoms. The van der Waals surface area contributed by atoms with Gasteiger partial charge in [-0.15, -0.1) is 0 Å². The van der Waals surface area contributed by atoms with Gasteiger partial charge in [-0.2, -0.15) is 0 Å². The van der Waals surface area contributed by atoms with E-state index in [4.69, 9.17) is 4.74 Å². The standard InChI is InChI=1S/C27H23N5O3/c1-14-18-8-7-16-4-2-3-15-5-6-17(24(18)23(15)16)9-19(14)31-26-25-27(29-12-28-26)32(13-30-25)22-10-20(34)21(11-33)35-22/h2-9,12-13,20-22,33-34H,10-11H2,1H3,(H,28,29,31)/t20-,21+,22+/m0/s1. The van der Waals surface area contributed by atoms with Gasteiger partial charge >= 0.3 is 0 Å². The summed E-state index contributed by atoms with van der Waals surface area (Å²) in [6.07, 6.45) is 1.71. The van der Waals surface area contributed by atoms with Gasteiger partial charge in [-0.05, 0) is 50.9 Å². The fourth-order valence-corrected chi connectivity index (χ4v) is 5.41. The topological polar surface area (TPSA) is 105 Å². The summed E-state index contributed by atoms with van der Waals surface area (Å²) in [5, 5.41) is 30.5. The average molecular weight is 466 g/mol. The zero-order valence-corrected chi connectivity index (χ0v) is 19.0. The molecule has 4 aromatic carbocycles. The van der Waals surface area contributed by atoms with Gasteiger partial charge in [0, 0.05) is 12.1 Å². The monoisotopic (exact) mass is 465 g/mol. The fraction of sp³-hybridized carbons (Fsp3) is 0.222. The maximum absolute atomic E-state index is 10.1. The summed E-state index contributed by atoms with van der Waals surface area (Å²) in [5.74, 6) is 0.599. The van der Waals surface area contributed by atoms with Crippen molar-refractivity contribution in [2.75, 3.05) is 11.9 Å². The second-order valence-corrected chi connectivity index (χ2v) is 9.19. The van der Waals surface area contributed by atoms with Crippen LogP contribution in [0.1, 0.15) is 18.2 Å². The number of ether oxygens (including phenoxy) is 1. The van der Waals surface area contributed by atoms with E-state index in [0.717, 1.165) is 16.6 Å². The number of fused-ring (bicyclic) bond motifs is 1. The van der Waals surface area contributed by atoms with Crippen molar-refractivity contribution in [3.05, 3.63) is 66.7 Å². The van der Waals surface area contributed by atoms with Crippen LogP contribution in [0.25, 0.3) is 43.5 Å². The third-order valence-electron chi connectivity index (χ3n) is 7.22. The highest BCUT2D eigenvalue weighted by atomic mass is 16.5. The summed E-state index contributed by atoms with van der Waals surface area (Å²) in [6, 6.07) is 17.3. The maximum atomic E-state index is 10.1. The lowest BCUT2D eigenvalue weighted by Gasteiger charge is -2.17. The number of benzene rings is 4. The number of rotatable bonds is 4. The molecule has 3 atom stereocenters. The third-order valence-corrected chi connectivity index (χ3v) is 7.22. The average Bonchev–Trinajstić information content (AvgIpc) is 3.48. The van der Waals surface area contributed by atoms with Gasteiger partial charge in [0.05, 0.1) is 19.0 Å². The van der Waals surface area contributed by atoms with Crippen molar-refractivity contribution in [2.24, 2.45) is 0 Å². The van der Waals surface area contributed by atoms with Crippen molar-refractivity contribution in [1.82, 2.24) is 19.5 Å². The Labute approximate surface area is 200 Å². The molecule has 8 nitrogen and oxygen atoms in total. The van der Waals surface area contributed by atoms with Crippen molar-refractivity contribution in [3.8, 4) is 0 Å². The van der Waals surface area contributed by atoms with Crippen LogP contribution >= 0.6 is 0 Å². The van der Waals surface area contributed by atoms with Gasteiger partial charge in [0.1, 0.15) is 18.7 Å². The Morgan fingerprint density at radius 3 is 2.63 bits per heavy atom. The quantitative estimate of drug-likeness (QED) is 0.331. The van der Waals surface area contributed by atoms with Crippen molar-refractivity contribution >= 4 is 55.0 Å². The lowest BCUT2D eigenvalue weighted by atomic mass is 9.91. The zero-order valence-electron chi connectivity index (χ0n) is 19.0. The molecule has 1 saturated heterocycles. The van der Waals surface area contributed by atoms with Gasteiger partial charge in [0.25, 0.3) is 0 Å². The van der Waals surface area contributed by atoms with Gasteiger partial charge in [0.2, 0.25) is 0 Å². The molecule has 7 rings (SSSR count). The number of aromatic nitrogens is 4. The number of aliphatic hydroxyl groups excluding tert-OH is 2. The van der Waals surface area contributed by atoms with Gasteiger partial charge < -0.3 is 20.3 Å². The Bertz CT molecular complexity index is 1710. The highest BCUT2D eigenvalue weighted by molar-refractivity contribution is 6.24. The first-order valence-corrected chi connectivity index (χ1v) is 11.7. The van der Waals surface area contributed by atoms with Crippen LogP contribution in [-0.2, 0) is 4.74 Å². The lowest BCUT2D eigenvalue weighted by molar-refractivity contribution is -0.0432. The minimum atomic E-state index is -0.733. The molecule has 1 aliphatic rings. The molecule has 0 unspecified atom stereocenters. The highest BCUT2D eigenvalue weighted by Crippen LogP contribution is 2.40. The summed E-state index contributed by atoms with van der Waals surface area (Å²) in [4.78, 5) is 13.5. The van der Waals surface area contributed by atoms with E-state index in [1.807, 2.05) is 0 Å². The van der Waals surface area contributed by atoms with Gasteiger partial charge in [-0.1, -0.05) is 42.5 Å². The summed E-state index contributed by atoms with van der Waals surface area (Å²) in [5.41, 5.74) is 3.31. The van der Waals surface area contributed by atoms with Crippen molar-refractivity contribution in [1.29, 1.82) is 0 Å². The molecule has 2 aromatic heterocycles. The molecule has 0 amide bonds. The molecule has 8 heteroatoms. The molecule has 1 aliphatic heterocycles. The Balaban J connectivity index is 1.33. The minimum Gasteiger partial charge on any atom is -0.394 e. The van der Waals surface area contributed by atoms with Gasteiger partial charge in [-0.25, -0.2) is 15.0 Å². The molecule has 35 heavy (non-hydrogen) atoms. The smallest absolute Gasteiger partial charge is 0.167 e. The van der Waals surface area contributed by atoms with Crippen molar-refractivity contribution in [3.63, 3.8) is 0 Å². The summed E-state index contributed by atoms with van der Waals surface area (Å²) >= 11 is 0. The van der Waals surface area contributed by atoms with Crippen LogP contribution in [0.2, 0.25) is 0 Å². The van der Waals surface area contributed by atoms with E-state index in [1.54, 1.807) is 10.9 Å². The maximum Gasteiger partial charge on any atom is 0.167 e. The van der Waals surface area contributed by atoms with E-state index in [9.17, 15) is 10.2 Å². The van der Waals surface area contributed by atoms with Gasteiger partial charge in [-0.3, -0.25) is 4.57 Å². The number of aryl methyl sites for hydroxylation is 1.